The molecule has 1 aliphatic carbocycles. The molecular formula is C4H5Si. The summed E-state index contributed by atoms with van der Waals surface area (Å²) in [5.41, 5.74) is 0.690. The summed E-state index contributed by atoms with van der Waals surface area (Å²) >= 11 is 0. The van der Waals surface area contributed by atoms with E-state index < -0.39 is 0 Å². The van der Waals surface area contributed by atoms with Crippen LogP contribution in [-0.4, -0.2) is 10.2 Å². The molecule has 0 saturated carbocycles. The number of rotatable bonds is 0. The molecule has 1 atom stereocenters. The summed E-state index contributed by atoms with van der Waals surface area (Å²) in [6, 6.07) is 0. The van der Waals surface area contributed by atoms with Gasteiger partial charge in [0.2, 0.25) is 0 Å². The Morgan fingerprint density at radius 3 is 2.20 bits per heavy atom. The molecule has 0 nitrogen and oxygen atoms in total. The Kier molecular flexibility index (Phi) is 0.616. The molecule has 1 heteroatoms. The van der Waals surface area contributed by atoms with Crippen molar-refractivity contribution in [3.8, 4) is 0 Å². The van der Waals surface area contributed by atoms with Gasteiger partial charge in [-0.3, -0.25) is 0 Å². The molecule has 1 unspecified atom stereocenters. The van der Waals surface area contributed by atoms with Gasteiger partial charge in [0.1, 0.15) is 0 Å². The first kappa shape index (κ1) is 3.16. The summed E-state index contributed by atoms with van der Waals surface area (Å²) in [6.07, 6.45) is 5.51. The predicted octanol–water partition coefficient (Wildman–Crippen LogP) is 0.903. The van der Waals surface area contributed by atoms with Gasteiger partial charge in [0.25, 0.3) is 0 Å². The third-order valence-electron chi connectivity index (χ3n) is 0.758. The van der Waals surface area contributed by atoms with E-state index in [1.807, 2.05) is 0 Å². The number of allylic oxidation sites excluding steroid dienone is 2. The normalized spacial score (nSPS) is 33.4. The van der Waals surface area contributed by atoms with E-state index in [1.54, 1.807) is 0 Å². The van der Waals surface area contributed by atoms with E-state index in [0.717, 1.165) is 0 Å². The highest BCUT2D eigenvalue weighted by Gasteiger charge is 1.99. The zero-order valence-corrected chi connectivity index (χ0v) is 3.94. The van der Waals surface area contributed by atoms with E-state index in [2.05, 4.69) is 22.4 Å². The molecule has 0 bridgehead atoms. The molecule has 0 aromatic heterocycles. The van der Waals surface area contributed by atoms with Gasteiger partial charge in [0, 0.05) is 10.2 Å². The highest BCUT2D eigenvalue weighted by Crippen LogP contribution is 2.17. The van der Waals surface area contributed by atoms with Gasteiger partial charge in [-0.15, -0.1) is 0 Å². The first-order chi connectivity index (χ1) is 2.39. The topological polar surface area (TPSA) is 0 Å². The predicted molar refractivity (Wildman–Crippen MR) is 23.3 cm³/mol. The minimum atomic E-state index is 0.690. The average Bonchev–Trinajstić information content (AvgIpc) is 1.30. The minimum Gasteiger partial charge on any atom is -0.0886 e. The van der Waals surface area contributed by atoms with Crippen LogP contribution in [0.5, 0.6) is 0 Å². The SMILES string of the molecule is [Si]C1C=CC1. The Morgan fingerprint density at radius 2 is 2.20 bits per heavy atom. The molecule has 0 aromatic rings. The van der Waals surface area contributed by atoms with Gasteiger partial charge >= 0.3 is 0 Å². The molecule has 0 heterocycles. The second-order valence-corrected chi connectivity index (χ2v) is 2.01. The quantitative estimate of drug-likeness (QED) is 0.300. The molecule has 5 heavy (non-hydrogen) atoms. The van der Waals surface area contributed by atoms with E-state index in [0.29, 0.717) is 5.54 Å². The van der Waals surface area contributed by atoms with Crippen LogP contribution in [-0.2, 0) is 0 Å². The number of hydrogen-bond donors (Lipinski definition) is 0. The molecule has 0 saturated heterocycles. The van der Waals surface area contributed by atoms with E-state index in [4.69, 9.17) is 0 Å². The first-order valence-electron chi connectivity index (χ1n) is 1.77. The third-order valence-corrected chi connectivity index (χ3v) is 1.19. The number of hydrogen-bond acceptors (Lipinski definition) is 0. The van der Waals surface area contributed by atoms with Gasteiger partial charge in [-0.05, 0) is 12.0 Å². The Labute approximate surface area is 35.3 Å². The van der Waals surface area contributed by atoms with Crippen LogP contribution >= 0.6 is 0 Å². The minimum absolute atomic E-state index is 0.690. The van der Waals surface area contributed by atoms with Gasteiger partial charge < -0.3 is 0 Å². The van der Waals surface area contributed by atoms with Crippen molar-refractivity contribution in [3.05, 3.63) is 12.2 Å². The lowest BCUT2D eigenvalue weighted by Crippen LogP contribution is -1.91. The summed E-state index contributed by atoms with van der Waals surface area (Å²) in [4.78, 5) is 0. The zero-order chi connectivity index (χ0) is 3.70. The molecule has 1 rings (SSSR count). The molecule has 25 valence electrons. The van der Waals surface area contributed by atoms with Gasteiger partial charge in [0.15, 0.2) is 0 Å². The standard InChI is InChI=1S/C4H5Si/c5-4-2-1-3-4/h1-2,4H,3H2. The largest absolute Gasteiger partial charge is 0.0886 e. The highest BCUT2D eigenvalue weighted by atomic mass is 28.1. The fourth-order valence-corrected chi connectivity index (χ4v) is 0.544. The van der Waals surface area contributed by atoms with Crippen molar-refractivity contribution in [1.29, 1.82) is 0 Å². The average molecular weight is 81.2 g/mol. The van der Waals surface area contributed by atoms with E-state index >= 15 is 0 Å². The van der Waals surface area contributed by atoms with Crippen molar-refractivity contribution in [1.82, 2.24) is 0 Å². The fourth-order valence-electron chi connectivity index (χ4n) is 0.272. The van der Waals surface area contributed by atoms with Crippen LogP contribution in [0, 0.1) is 0 Å². The van der Waals surface area contributed by atoms with Crippen molar-refractivity contribution in [2.24, 2.45) is 0 Å². The van der Waals surface area contributed by atoms with Crippen molar-refractivity contribution in [2.45, 2.75) is 12.0 Å². The molecule has 0 aliphatic heterocycles. The fraction of sp³-hybridized carbons (Fsp3) is 0.500. The van der Waals surface area contributed by atoms with E-state index in [1.165, 1.54) is 6.42 Å². The smallest absolute Gasteiger partial charge is 0.0327 e. The first-order valence-corrected chi connectivity index (χ1v) is 2.35. The Morgan fingerprint density at radius 1 is 1.80 bits per heavy atom. The van der Waals surface area contributed by atoms with Crippen molar-refractivity contribution in [3.63, 3.8) is 0 Å². The third kappa shape index (κ3) is 0.427. The monoisotopic (exact) mass is 81.0 g/mol. The van der Waals surface area contributed by atoms with Crippen LogP contribution in [0.25, 0.3) is 0 Å². The maximum atomic E-state index is 3.42. The van der Waals surface area contributed by atoms with Gasteiger partial charge in [-0.2, -0.15) is 0 Å². The van der Waals surface area contributed by atoms with E-state index in [-0.39, 0.29) is 0 Å². The Hall–Kier alpha value is -0.0431. The molecule has 0 fully saturated rings. The van der Waals surface area contributed by atoms with Crippen molar-refractivity contribution < 1.29 is 0 Å². The molecular weight excluding hydrogens is 76.1 g/mol. The second-order valence-electron chi connectivity index (χ2n) is 1.27. The molecule has 1 aliphatic rings. The molecule has 0 aromatic carbocycles. The lowest BCUT2D eigenvalue weighted by molar-refractivity contribution is 0.955. The summed E-state index contributed by atoms with van der Waals surface area (Å²) in [5.74, 6) is 0. The second kappa shape index (κ2) is 0.975. The van der Waals surface area contributed by atoms with Crippen molar-refractivity contribution in [2.75, 3.05) is 0 Å². The van der Waals surface area contributed by atoms with Crippen LogP contribution in [0.2, 0.25) is 5.54 Å². The van der Waals surface area contributed by atoms with E-state index in [9.17, 15) is 0 Å². The summed E-state index contributed by atoms with van der Waals surface area (Å²) in [6.45, 7) is 0. The van der Waals surface area contributed by atoms with Crippen LogP contribution in [0.4, 0.5) is 0 Å². The van der Waals surface area contributed by atoms with Crippen LogP contribution < -0.4 is 0 Å². The summed E-state index contributed by atoms with van der Waals surface area (Å²) in [5, 5.41) is 0. The lowest BCUT2D eigenvalue weighted by atomic mass is 10.1. The van der Waals surface area contributed by atoms with Gasteiger partial charge in [0.05, 0.1) is 0 Å². The van der Waals surface area contributed by atoms with Gasteiger partial charge in [-0.25, -0.2) is 0 Å². The summed E-state index contributed by atoms with van der Waals surface area (Å²) < 4.78 is 0. The maximum Gasteiger partial charge on any atom is 0.0327 e. The summed E-state index contributed by atoms with van der Waals surface area (Å²) in [7, 11) is 3.42. The molecule has 0 amide bonds. The molecule has 0 N–H and O–H groups in total. The highest BCUT2D eigenvalue weighted by molar-refractivity contribution is 6.13. The zero-order valence-electron chi connectivity index (χ0n) is 2.94. The lowest BCUT2D eigenvalue weighted by Gasteiger charge is -2.07. The molecule has 0 spiro atoms. The van der Waals surface area contributed by atoms with Crippen LogP contribution in [0.15, 0.2) is 12.2 Å². The Balaban J connectivity index is 2.39. The van der Waals surface area contributed by atoms with Crippen LogP contribution in [0.3, 0.4) is 0 Å². The van der Waals surface area contributed by atoms with Crippen molar-refractivity contribution >= 4 is 10.2 Å². The van der Waals surface area contributed by atoms with Crippen LogP contribution in [0.1, 0.15) is 6.42 Å². The maximum absolute atomic E-state index is 3.42. The Bertz CT molecular complexity index is 56.7. The molecule has 3 radical (unpaired) electrons. The van der Waals surface area contributed by atoms with Gasteiger partial charge in [-0.1, -0.05) is 12.2 Å².